The summed E-state index contributed by atoms with van der Waals surface area (Å²) in [5.41, 5.74) is 3.05. The van der Waals surface area contributed by atoms with Crippen molar-refractivity contribution >= 4 is 16.8 Å². The monoisotopic (exact) mass is 322 g/mol. The van der Waals surface area contributed by atoms with Gasteiger partial charge in [0.15, 0.2) is 0 Å². The lowest BCUT2D eigenvalue weighted by Gasteiger charge is -2.20. The Morgan fingerprint density at radius 1 is 1.12 bits per heavy atom. The number of nitrogens with one attached hydrogen (secondary N) is 2. The number of rotatable bonds is 6. The zero-order valence-corrected chi connectivity index (χ0v) is 13.7. The number of aliphatic hydroxyl groups is 1. The van der Waals surface area contributed by atoms with E-state index in [1.54, 1.807) is 0 Å². The normalized spacial score (nSPS) is 13.6. The number of hydrogen-bond donors (Lipinski definition) is 3. The summed E-state index contributed by atoms with van der Waals surface area (Å²) in [6.45, 7) is 1.83. The lowest BCUT2D eigenvalue weighted by molar-refractivity contribution is -0.121. The Kier molecular flexibility index (Phi) is 4.96. The van der Waals surface area contributed by atoms with Gasteiger partial charge in [0, 0.05) is 23.5 Å². The number of amides is 1. The number of fused-ring (bicyclic) bond motifs is 1. The predicted molar refractivity (Wildman–Crippen MR) is 95.8 cm³/mol. The maximum atomic E-state index is 12.3. The molecule has 3 rings (SSSR count). The molecule has 4 nitrogen and oxygen atoms in total. The number of aliphatic hydroxyl groups excluding tert-OH is 1. The van der Waals surface area contributed by atoms with E-state index in [9.17, 15) is 9.90 Å². The van der Waals surface area contributed by atoms with Gasteiger partial charge in [-0.05, 0) is 24.1 Å². The SMILES string of the molecule is CC(NC(=O)Cc1c[nH]c2ccccc12)C(O)Cc1ccccc1. The van der Waals surface area contributed by atoms with Crippen LogP contribution in [0.25, 0.3) is 10.9 Å². The molecule has 0 bridgehead atoms. The summed E-state index contributed by atoms with van der Waals surface area (Å²) in [7, 11) is 0. The first-order chi connectivity index (χ1) is 11.6. The molecule has 3 N–H and O–H groups in total. The van der Waals surface area contributed by atoms with Gasteiger partial charge < -0.3 is 15.4 Å². The van der Waals surface area contributed by atoms with E-state index in [0.717, 1.165) is 22.0 Å². The lowest BCUT2D eigenvalue weighted by atomic mass is 10.0. The molecule has 1 aromatic heterocycles. The van der Waals surface area contributed by atoms with Crippen LogP contribution in [0.15, 0.2) is 60.8 Å². The fourth-order valence-electron chi connectivity index (χ4n) is 2.88. The smallest absolute Gasteiger partial charge is 0.224 e. The molecule has 2 atom stereocenters. The maximum Gasteiger partial charge on any atom is 0.224 e. The van der Waals surface area contributed by atoms with Crippen LogP contribution in [0.2, 0.25) is 0 Å². The molecule has 0 saturated carbocycles. The fourth-order valence-corrected chi connectivity index (χ4v) is 2.88. The van der Waals surface area contributed by atoms with E-state index in [1.807, 2.05) is 67.7 Å². The number of aromatic amines is 1. The van der Waals surface area contributed by atoms with Gasteiger partial charge in [-0.2, -0.15) is 0 Å². The van der Waals surface area contributed by atoms with Crippen LogP contribution in [0.1, 0.15) is 18.1 Å². The molecular formula is C20H22N2O2. The average Bonchev–Trinajstić information content (AvgIpc) is 2.99. The van der Waals surface area contributed by atoms with Gasteiger partial charge in [-0.1, -0.05) is 48.5 Å². The molecule has 4 heteroatoms. The number of para-hydroxylation sites is 1. The van der Waals surface area contributed by atoms with E-state index in [-0.39, 0.29) is 11.9 Å². The predicted octanol–water partition coefficient (Wildman–Crippen LogP) is 2.82. The van der Waals surface area contributed by atoms with Crippen molar-refractivity contribution in [2.24, 2.45) is 0 Å². The summed E-state index contributed by atoms with van der Waals surface area (Å²) in [4.78, 5) is 15.5. The van der Waals surface area contributed by atoms with Crippen molar-refractivity contribution in [3.05, 3.63) is 71.9 Å². The minimum absolute atomic E-state index is 0.0839. The fraction of sp³-hybridized carbons (Fsp3) is 0.250. The Morgan fingerprint density at radius 2 is 1.83 bits per heavy atom. The quantitative estimate of drug-likeness (QED) is 0.653. The number of carbonyl (C=O) groups excluding carboxylic acids is 1. The van der Waals surface area contributed by atoms with Crippen molar-refractivity contribution in [1.82, 2.24) is 10.3 Å². The summed E-state index contributed by atoms with van der Waals surface area (Å²) < 4.78 is 0. The van der Waals surface area contributed by atoms with Gasteiger partial charge >= 0.3 is 0 Å². The summed E-state index contributed by atoms with van der Waals surface area (Å²) in [6, 6.07) is 17.4. The van der Waals surface area contributed by atoms with Gasteiger partial charge in [0.2, 0.25) is 5.91 Å². The second-order valence-corrected chi connectivity index (χ2v) is 6.15. The molecule has 1 amide bonds. The molecule has 0 aliphatic carbocycles. The van der Waals surface area contributed by atoms with Gasteiger partial charge in [0.25, 0.3) is 0 Å². The third-order valence-corrected chi connectivity index (χ3v) is 4.28. The van der Waals surface area contributed by atoms with Crippen LogP contribution >= 0.6 is 0 Å². The van der Waals surface area contributed by atoms with Crippen LogP contribution in [0.5, 0.6) is 0 Å². The van der Waals surface area contributed by atoms with Crippen molar-refractivity contribution in [2.45, 2.75) is 31.9 Å². The largest absolute Gasteiger partial charge is 0.391 e. The third kappa shape index (κ3) is 3.84. The van der Waals surface area contributed by atoms with Gasteiger partial charge in [-0.3, -0.25) is 4.79 Å². The number of H-pyrrole nitrogens is 1. The lowest BCUT2D eigenvalue weighted by Crippen LogP contribution is -2.42. The van der Waals surface area contributed by atoms with Crippen LogP contribution in [-0.4, -0.2) is 28.1 Å². The Hall–Kier alpha value is -2.59. The first-order valence-electron chi connectivity index (χ1n) is 8.20. The first kappa shape index (κ1) is 16.3. The number of aromatic nitrogens is 1. The zero-order valence-electron chi connectivity index (χ0n) is 13.7. The second kappa shape index (κ2) is 7.32. The standard InChI is InChI=1S/C20H22N2O2/c1-14(19(23)11-15-7-3-2-4-8-15)22-20(24)12-16-13-21-18-10-6-5-9-17(16)18/h2-10,13-14,19,21,23H,11-12H2,1H3,(H,22,24). The van der Waals surface area contributed by atoms with Crippen molar-refractivity contribution in [1.29, 1.82) is 0 Å². The van der Waals surface area contributed by atoms with Crippen molar-refractivity contribution in [3.8, 4) is 0 Å². The highest BCUT2D eigenvalue weighted by Crippen LogP contribution is 2.18. The molecular weight excluding hydrogens is 300 g/mol. The minimum atomic E-state index is -0.612. The zero-order chi connectivity index (χ0) is 16.9. The number of carbonyl (C=O) groups is 1. The van der Waals surface area contributed by atoms with E-state index in [2.05, 4.69) is 10.3 Å². The summed E-state index contributed by atoms with van der Waals surface area (Å²) in [5.74, 6) is -0.0839. The van der Waals surface area contributed by atoms with Crippen molar-refractivity contribution < 1.29 is 9.90 Å². The second-order valence-electron chi connectivity index (χ2n) is 6.15. The van der Waals surface area contributed by atoms with Crippen LogP contribution in [0, 0.1) is 0 Å². The van der Waals surface area contributed by atoms with Crippen LogP contribution in [0.4, 0.5) is 0 Å². The van der Waals surface area contributed by atoms with Crippen LogP contribution in [-0.2, 0) is 17.6 Å². The Balaban J connectivity index is 1.58. The first-order valence-corrected chi connectivity index (χ1v) is 8.20. The molecule has 0 radical (unpaired) electrons. The van der Waals surface area contributed by atoms with Gasteiger partial charge in [-0.25, -0.2) is 0 Å². The molecule has 2 unspecified atom stereocenters. The van der Waals surface area contributed by atoms with Gasteiger partial charge in [0.05, 0.1) is 18.6 Å². The molecule has 0 spiro atoms. The van der Waals surface area contributed by atoms with E-state index in [4.69, 9.17) is 0 Å². The Labute approximate surface area is 141 Å². The topological polar surface area (TPSA) is 65.1 Å². The van der Waals surface area contributed by atoms with E-state index >= 15 is 0 Å². The third-order valence-electron chi connectivity index (χ3n) is 4.28. The minimum Gasteiger partial charge on any atom is -0.391 e. The molecule has 0 fully saturated rings. The molecule has 24 heavy (non-hydrogen) atoms. The van der Waals surface area contributed by atoms with Crippen LogP contribution in [0.3, 0.4) is 0 Å². The number of hydrogen-bond acceptors (Lipinski definition) is 2. The highest BCUT2D eigenvalue weighted by Gasteiger charge is 2.18. The summed E-state index contributed by atoms with van der Waals surface area (Å²) in [5, 5.41) is 14.3. The van der Waals surface area contributed by atoms with Crippen LogP contribution < -0.4 is 5.32 Å². The molecule has 124 valence electrons. The Bertz CT molecular complexity index is 811. The van der Waals surface area contributed by atoms with E-state index in [1.165, 1.54) is 0 Å². The van der Waals surface area contributed by atoms with Gasteiger partial charge in [-0.15, -0.1) is 0 Å². The molecule has 1 heterocycles. The molecule has 2 aromatic carbocycles. The number of benzene rings is 2. The summed E-state index contributed by atoms with van der Waals surface area (Å²) in [6.07, 6.45) is 2.08. The van der Waals surface area contributed by atoms with E-state index < -0.39 is 6.10 Å². The maximum absolute atomic E-state index is 12.3. The van der Waals surface area contributed by atoms with Crippen molar-refractivity contribution in [3.63, 3.8) is 0 Å². The summed E-state index contributed by atoms with van der Waals surface area (Å²) >= 11 is 0. The molecule has 0 aliphatic rings. The van der Waals surface area contributed by atoms with E-state index in [0.29, 0.717) is 12.8 Å². The highest BCUT2D eigenvalue weighted by molar-refractivity contribution is 5.88. The van der Waals surface area contributed by atoms with Crippen molar-refractivity contribution in [2.75, 3.05) is 0 Å². The highest BCUT2D eigenvalue weighted by atomic mass is 16.3. The van der Waals surface area contributed by atoms with Gasteiger partial charge in [0.1, 0.15) is 0 Å². The average molecular weight is 322 g/mol. The Morgan fingerprint density at radius 3 is 2.62 bits per heavy atom. The molecule has 0 saturated heterocycles. The molecule has 0 aliphatic heterocycles. The molecule has 3 aromatic rings.